The number of hydrogen-bond donors (Lipinski definition) is 2. The highest BCUT2D eigenvalue weighted by Crippen LogP contribution is 2.30. The molecule has 2 N–H and O–H groups in total. The molecule has 26 heavy (non-hydrogen) atoms. The van der Waals surface area contributed by atoms with E-state index in [1.54, 1.807) is 38.1 Å². The molecule has 2 aromatic rings. The van der Waals surface area contributed by atoms with Crippen LogP contribution < -0.4 is 10.9 Å². The maximum atomic E-state index is 12.8. The van der Waals surface area contributed by atoms with Gasteiger partial charge < -0.3 is 19.8 Å². The van der Waals surface area contributed by atoms with Crippen molar-refractivity contribution >= 4 is 28.7 Å². The van der Waals surface area contributed by atoms with Crippen molar-refractivity contribution in [3.63, 3.8) is 0 Å². The summed E-state index contributed by atoms with van der Waals surface area (Å²) in [5.41, 5.74) is -2.43. The highest BCUT2D eigenvalue weighted by Gasteiger charge is 2.53. The van der Waals surface area contributed by atoms with Gasteiger partial charge in [0.1, 0.15) is 0 Å². The first-order chi connectivity index (χ1) is 12.4. The first kappa shape index (κ1) is 19.2. The van der Waals surface area contributed by atoms with Crippen molar-refractivity contribution in [1.82, 2.24) is 10.3 Å². The molecule has 1 heterocycles. The van der Waals surface area contributed by atoms with E-state index in [1.165, 1.54) is 0 Å². The molecule has 0 spiro atoms. The number of fused-ring (bicyclic) bond motifs is 1. The fourth-order valence-corrected chi connectivity index (χ4v) is 2.73. The van der Waals surface area contributed by atoms with E-state index >= 15 is 0 Å². The first-order valence-corrected chi connectivity index (χ1v) is 8.12. The standard InChI is InChI=1S/C18H20N2O6/c1-4-25-16(23)18(20-11(3)21,17(24)26-5-2)13-10-15(22)19-14-9-7-6-8-12(13)14/h6-10H,4-5H2,1-3H3,(H,19,22)(H,20,21). The lowest BCUT2D eigenvalue weighted by Gasteiger charge is -2.30. The third kappa shape index (κ3) is 3.44. The fourth-order valence-electron chi connectivity index (χ4n) is 2.73. The van der Waals surface area contributed by atoms with Gasteiger partial charge >= 0.3 is 11.9 Å². The van der Waals surface area contributed by atoms with Crippen molar-refractivity contribution in [1.29, 1.82) is 0 Å². The second-order valence-electron chi connectivity index (χ2n) is 5.46. The molecule has 0 aliphatic carbocycles. The van der Waals surface area contributed by atoms with Crippen molar-refractivity contribution in [2.75, 3.05) is 13.2 Å². The van der Waals surface area contributed by atoms with Crippen LogP contribution >= 0.6 is 0 Å². The van der Waals surface area contributed by atoms with Crippen molar-refractivity contribution < 1.29 is 23.9 Å². The Hall–Kier alpha value is -3.16. The Balaban J connectivity index is 2.90. The van der Waals surface area contributed by atoms with Gasteiger partial charge in [-0.05, 0) is 19.9 Å². The number of pyridine rings is 1. The summed E-state index contributed by atoms with van der Waals surface area (Å²) in [6.07, 6.45) is 0. The highest BCUT2D eigenvalue weighted by atomic mass is 16.6. The zero-order valence-electron chi connectivity index (χ0n) is 14.8. The van der Waals surface area contributed by atoms with E-state index in [0.29, 0.717) is 10.9 Å². The molecule has 0 bridgehead atoms. The number of ether oxygens (including phenoxy) is 2. The molecule has 8 nitrogen and oxygen atoms in total. The number of rotatable bonds is 6. The molecule has 0 aliphatic heterocycles. The monoisotopic (exact) mass is 360 g/mol. The van der Waals surface area contributed by atoms with Crippen molar-refractivity contribution in [3.05, 3.63) is 46.2 Å². The van der Waals surface area contributed by atoms with E-state index in [2.05, 4.69) is 10.3 Å². The van der Waals surface area contributed by atoms with E-state index in [9.17, 15) is 19.2 Å². The third-order valence-electron chi connectivity index (χ3n) is 3.68. The summed E-state index contributed by atoms with van der Waals surface area (Å²) in [6.45, 7) is 4.24. The third-order valence-corrected chi connectivity index (χ3v) is 3.68. The fraction of sp³-hybridized carbons (Fsp3) is 0.333. The van der Waals surface area contributed by atoms with Crippen molar-refractivity contribution in [3.8, 4) is 0 Å². The Morgan fingerprint density at radius 2 is 1.65 bits per heavy atom. The zero-order valence-corrected chi connectivity index (χ0v) is 14.8. The van der Waals surface area contributed by atoms with Crippen molar-refractivity contribution in [2.24, 2.45) is 0 Å². The lowest BCUT2D eigenvalue weighted by Crippen LogP contribution is -2.58. The molecule has 0 atom stereocenters. The largest absolute Gasteiger partial charge is 0.464 e. The van der Waals surface area contributed by atoms with Gasteiger partial charge in [0.2, 0.25) is 11.5 Å². The lowest BCUT2D eigenvalue weighted by atomic mass is 9.87. The predicted octanol–water partition coefficient (Wildman–Crippen LogP) is 0.986. The number of benzene rings is 1. The number of para-hydroxylation sites is 1. The second kappa shape index (κ2) is 7.81. The van der Waals surface area contributed by atoms with Crippen LogP contribution in [0.1, 0.15) is 26.3 Å². The van der Waals surface area contributed by atoms with Gasteiger partial charge in [-0.25, -0.2) is 9.59 Å². The molecule has 0 saturated carbocycles. The van der Waals surface area contributed by atoms with E-state index < -0.39 is 28.9 Å². The van der Waals surface area contributed by atoms with Gasteiger partial charge in [0, 0.05) is 29.5 Å². The smallest absolute Gasteiger partial charge is 0.348 e. The van der Waals surface area contributed by atoms with Crippen LogP contribution in [-0.4, -0.2) is 36.0 Å². The Morgan fingerprint density at radius 1 is 1.08 bits per heavy atom. The van der Waals surface area contributed by atoms with Gasteiger partial charge in [-0.15, -0.1) is 0 Å². The molecule has 0 fully saturated rings. The number of esters is 2. The zero-order chi connectivity index (χ0) is 19.3. The summed E-state index contributed by atoms with van der Waals surface area (Å²) in [6, 6.07) is 7.70. The maximum Gasteiger partial charge on any atom is 0.348 e. The summed E-state index contributed by atoms with van der Waals surface area (Å²) >= 11 is 0. The molecule has 0 saturated heterocycles. The summed E-state index contributed by atoms with van der Waals surface area (Å²) in [7, 11) is 0. The Bertz CT molecular complexity index is 884. The maximum absolute atomic E-state index is 12.8. The molecular formula is C18H20N2O6. The minimum Gasteiger partial charge on any atom is -0.464 e. The number of amides is 1. The average Bonchev–Trinajstić information content (AvgIpc) is 2.59. The van der Waals surface area contributed by atoms with Crippen LogP contribution in [0.25, 0.3) is 10.9 Å². The predicted molar refractivity (Wildman–Crippen MR) is 93.3 cm³/mol. The normalized spacial score (nSPS) is 11.0. The van der Waals surface area contributed by atoms with Crippen LogP contribution in [0.5, 0.6) is 0 Å². The first-order valence-electron chi connectivity index (χ1n) is 8.12. The highest BCUT2D eigenvalue weighted by molar-refractivity contribution is 6.11. The minimum atomic E-state index is -2.29. The van der Waals surface area contributed by atoms with Gasteiger partial charge in [-0.2, -0.15) is 0 Å². The van der Waals surface area contributed by atoms with E-state index in [-0.39, 0.29) is 18.8 Å². The number of aromatic amines is 1. The van der Waals surface area contributed by atoms with Crippen LogP contribution in [0.4, 0.5) is 0 Å². The molecule has 0 radical (unpaired) electrons. The van der Waals surface area contributed by atoms with E-state index in [4.69, 9.17) is 9.47 Å². The summed E-state index contributed by atoms with van der Waals surface area (Å²) in [5, 5.41) is 2.76. The summed E-state index contributed by atoms with van der Waals surface area (Å²) in [5.74, 6) is -2.70. The molecule has 0 unspecified atom stereocenters. The molecule has 1 aromatic heterocycles. The van der Waals surface area contributed by atoms with Crippen molar-refractivity contribution in [2.45, 2.75) is 26.3 Å². The molecule has 2 rings (SSSR count). The summed E-state index contributed by atoms with van der Waals surface area (Å²) in [4.78, 5) is 52.3. The van der Waals surface area contributed by atoms with Gasteiger partial charge in [0.05, 0.1) is 13.2 Å². The number of H-pyrrole nitrogens is 1. The van der Waals surface area contributed by atoms with E-state index in [1.807, 2.05) is 0 Å². The SMILES string of the molecule is CCOC(=O)C(NC(C)=O)(C(=O)OCC)c1cc(=O)[nH]c2ccccc12. The number of aromatic nitrogens is 1. The Kier molecular flexibility index (Phi) is 5.76. The van der Waals surface area contributed by atoms with Gasteiger partial charge in [-0.3, -0.25) is 9.59 Å². The van der Waals surface area contributed by atoms with Crippen LogP contribution in [0.15, 0.2) is 35.1 Å². The van der Waals surface area contributed by atoms with Crippen LogP contribution in [0, 0.1) is 0 Å². The quantitative estimate of drug-likeness (QED) is 0.586. The molecule has 0 aliphatic rings. The second-order valence-corrected chi connectivity index (χ2v) is 5.46. The molecule has 138 valence electrons. The van der Waals surface area contributed by atoms with E-state index in [0.717, 1.165) is 13.0 Å². The number of carbonyl (C=O) groups excluding carboxylic acids is 3. The molecule has 1 amide bonds. The van der Waals surface area contributed by atoms with Crippen LogP contribution in [0.2, 0.25) is 0 Å². The van der Waals surface area contributed by atoms with Gasteiger partial charge in [0.15, 0.2) is 0 Å². The molecule has 8 heteroatoms. The molecular weight excluding hydrogens is 340 g/mol. The minimum absolute atomic E-state index is 0.0102. The average molecular weight is 360 g/mol. The Labute approximate surface area is 149 Å². The van der Waals surface area contributed by atoms with Gasteiger partial charge in [-0.1, -0.05) is 18.2 Å². The topological polar surface area (TPSA) is 115 Å². The number of carbonyl (C=O) groups is 3. The summed E-state index contributed by atoms with van der Waals surface area (Å²) < 4.78 is 10.1. The number of hydrogen-bond acceptors (Lipinski definition) is 6. The van der Waals surface area contributed by atoms with Gasteiger partial charge in [0.25, 0.3) is 5.54 Å². The number of nitrogens with one attached hydrogen (secondary N) is 2. The van der Waals surface area contributed by atoms with Crippen LogP contribution in [0.3, 0.4) is 0 Å². The molecule has 1 aromatic carbocycles. The van der Waals surface area contributed by atoms with Crippen LogP contribution in [-0.2, 0) is 29.4 Å². The lowest BCUT2D eigenvalue weighted by molar-refractivity contribution is -0.168. The Morgan fingerprint density at radius 3 is 2.19 bits per heavy atom.